The molecule has 1 fully saturated rings. The number of nitrogens with zero attached hydrogens (tertiary/aromatic N) is 1. The average Bonchev–Trinajstić information content (AvgIpc) is 3.17. The molecule has 1 aromatic carbocycles. The Kier molecular flexibility index (Phi) is 6.42. The van der Waals surface area contributed by atoms with Crippen LogP contribution >= 0.6 is 12.2 Å². The summed E-state index contributed by atoms with van der Waals surface area (Å²) in [4.78, 5) is 2.46. The van der Waals surface area contributed by atoms with E-state index in [1.807, 2.05) is 12.1 Å². The Balaban J connectivity index is 1.51. The maximum absolute atomic E-state index is 12.9. The smallest absolute Gasteiger partial charge is 0.166 e. The third-order valence-electron chi connectivity index (χ3n) is 4.53. The zero-order valence-electron chi connectivity index (χ0n) is 14.2. The van der Waals surface area contributed by atoms with Gasteiger partial charge in [-0.05, 0) is 68.0 Å². The van der Waals surface area contributed by atoms with E-state index in [1.54, 1.807) is 18.4 Å². The first-order chi connectivity index (χ1) is 12.2. The molecular formula is C19H24FN3OS. The molecule has 1 atom stereocenters. The Morgan fingerprint density at radius 1 is 1.12 bits per heavy atom. The third kappa shape index (κ3) is 5.28. The molecule has 6 heteroatoms. The van der Waals surface area contributed by atoms with Gasteiger partial charge in [0, 0.05) is 13.1 Å². The molecule has 134 valence electrons. The molecule has 2 aromatic rings. The Labute approximate surface area is 153 Å². The quantitative estimate of drug-likeness (QED) is 0.769. The molecule has 3 rings (SSSR count). The van der Waals surface area contributed by atoms with Crippen LogP contribution in [0, 0.1) is 5.82 Å². The lowest BCUT2D eigenvalue weighted by molar-refractivity contribution is 0.146. The van der Waals surface area contributed by atoms with Crippen LogP contribution in [-0.2, 0) is 6.54 Å². The first-order valence-corrected chi connectivity index (χ1v) is 9.17. The lowest BCUT2D eigenvalue weighted by Gasteiger charge is -2.33. The summed E-state index contributed by atoms with van der Waals surface area (Å²) in [6.45, 7) is 3.44. The van der Waals surface area contributed by atoms with Gasteiger partial charge in [-0.1, -0.05) is 18.6 Å². The number of furan rings is 1. The van der Waals surface area contributed by atoms with Gasteiger partial charge in [0.1, 0.15) is 11.6 Å². The predicted molar refractivity (Wildman–Crippen MR) is 101 cm³/mol. The minimum atomic E-state index is -0.229. The minimum Gasteiger partial charge on any atom is -0.468 e. The molecule has 1 aliphatic heterocycles. The molecule has 0 saturated carbocycles. The topological polar surface area (TPSA) is 40.4 Å². The lowest BCUT2D eigenvalue weighted by atomic mass is 10.1. The Morgan fingerprint density at radius 3 is 2.56 bits per heavy atom. The SMILES string of the molecule is Fc1ccc(CNC(=S)NCC(c2ccco2)N2CCCCC2)cc1. The Hall–Kier alpha value is -1.92. The van der Waals surface area contributed by atoms with Gasteiger partial charge in [0.05, 0.1) is 12.3 Å². The highest BCUT2D eigenvalue weighted by molar-refractivity contribution is 7.80. The zero-order valence-corrected chi connectivity index (χ0v) is 15.0. The molecule has 4 nitrogen and oxygen atoms in total. The van der Waals surface area contributed by atoms with Gasteiger partial charge in [0.15, 0.2) is 5.11 Å². The summed E-state index contributed by atoms with van der Waals surface area (Å²) in [7, 11) is 0. The van der Waals surface area contributed by atoms with Crippen molar-refractivity contribution in [3.63, 3.8) is 0 Å². The molecule has 2 heterocycles. The minimum absolute atomic E-state index is 0.181. The zero-order chi connectivity index (χ0) is 17.5. The van der Waals surface area contributed by atoms with E-state index in [1.165, 1.54) is 31.4 Å². The highest BCUT2D eigenvalue weighted by Gasteiger charge is 2.24. The molecule has 0 amide bonds. The molecule has 2 N–H and O–H groups in total. The van der Waals surface area contributed by atoms with Crippen LogP contribution in [0.15, 0.2) is 47.1 Å². The number of hydrogen-bond donors (Lipinski definition) is 2. The Morgan fingerprint density at radius 2 is 1.88 bits per heavy atom. The van der Waals surface area contributed by atoms with Crippen molar-refractivity contribution in [2.24, 2.45) is 0 Å². The number of thiocarbonyl (C=S) groups is 1. The lowest BCUT2D eigenvalue weighted by Crippen LogP contribution is -2.43. The van der Waals surface area contributed by atoms with Crippen LogP contribution in [0.25, 0.3) is 0 Å². The summed E-state index contributed by atoms with van der Waals surface area (Å²) in [5.41, 5.74) is 0.990. The van der Waals surface area contributed by atoms with Crippen LogP contribution in [0.5, 0.6) is 0 Å². The summed E-state index contributed by atoms with van der Waals surface area (Å²) >= 11 is 5.38. The fourth-order valence-corrected chi connectivity index (χ4v) is 3.31. The Bertz CT molecular complexity index is 654. The number of halogens is 1. The van der Waals surface area contributed by atoms with Crippen molar-refractivity contribution in [1.29, 1.82) is 0 Å². The van der Waals surface area contributed by atoms with Crippen LogP contribution in [0.1, 0.15) is 36.6 Å². The monoisotopic (exact) mass is 361 g/mol. The number of benzene rings is 1. The fourth-order valence-electron chi connectivity index (χ4n) is 3.16. The van der Waals surface area contributed by atoms with E-state index in [-0.39, 0.29) is 11.9 Å². The first kappa shape index (κ1) is 17.9. The number of likely N-dealkylation sites (tertiary alicyclic amines) is 1. The van der Waals surface area contributed by atoms with Gasteiger partial charge in [0.2, 0.25) is 0 Å². The van der Waals surface area contributed by atoms with Crippen LogP contribution in [0.2, 0.25) is 0 Å². The van der Waals surface area contributed by atoms with E-state index in [9.17, 15) is 4.39 Å². The number of nitrogens with one attached hydrogen (secondary N) is 2. The molecule has 1 saturated heterocycles. The average molecular weight is 361 g/mol. The van der Waals surface area contributed by atoms with Crippen molar-refractivity contribution in [2.45, 2.75) is 31.8 Å². The van der Waals surface area contributed by atoms with E-state index < -0.39 is 0 Å². The summed E-state index contributed by atoms with van der Waals surface area (Å²) < 4.78 is 18.6. The maximum Gasteiger partial charge on any atom is 0.166 e. The molecule has 0 radical (unpaired) electrons. The van der Waals surface area contributed by atoms with Gasteiger partial charge in [-0.25, -0.2) is 4.39 Å². The van der Waals surface area contributed by atoms with Crippen molar-refractivity contribution in [3.05, 3.63) is 59.8 Å². The van der Waals surface area contributed by atoms with E-state index in [0.29, 0.717) is 18.2 Å². The molecular weight excluding hydrogens is 337 g/mol. The van der Waals surface area contributed by atoms with Gasteiger partial charge in [-0.15, -0.1) is 0 Å². The van der Waals surface area contributed by atoms with E-state index >= 15 is 0 Å². The van der Waals surface area contributed by atoms with Crippen molar-refractivity contribution in [1.82, 2.24) is 15.5 Å². The van der Waals surface area contributed by atoms with E-state index in [4.69, 9.17) is 16.6 Å². The van der Waals surface area contributed by atoms with Crippen LogP contribution in [0.3, 0.4) is 0 Å². The summed E-state index contributed by atoms with van der Waals surface area (Å²) in [5, 5.41) is 7.06. The third-order valence-corrected chi connectivity index (χ3v) is 4.81. The maximum atomic E-state index is 12.9. The normalized spacial score (nSPS) is 16.4. The van der Waals surface area contributed by atoms with Crippen molar-refractivity contribution in [2.75, 3.05) is 19.6 Å². The van der Waals surface area contributed by atoms with Gasteiger partial charge in [-0.2, -0.15) is 0 Å². The standard InChI is InChI=1S/C19H24FN3OS/c20-16-8-6-15(7-9-16)13-21-19(25)22-14-17(18-5-4-12-24-18)23-10-2-1-3-11-23/h4-9,12,17H,1-3,10-11,13-14H2,(H2,21,22,25). The number of hydrogen-bond acceptors (Lipinski definition) is 3. The number of piperidine rings is 1. The summed E-state index contributed by atoms with van der Waals surface area (Å²) in [5.74, 6) is 0.739. The van der Waals surface area contributed by atoms with Crippen molar-refractivity contribution < 1.29 is 8.81 Å². The van der Waals surface area contributed by atoms with Gasteiger partial charge >= 0.3 is 0 Å². The second-order valence-corrected chi connectivity index (χ2v) is 6.73. The molecule has 1 aliphatic rings. The summed E-state index contributed by atoms with van der Waals surface area (Å²) in [6.07, 6.45) is 5.47. The fraction of sp³-hybridized carbons (Fsp3) is 0.421. The largest absolute Gasteiger partial charge is 0.468 e. The van der Waals surface area contributed by atoms with Crippen LogP contribution in [0.4, 0.5) is 4.39 Å². The van der Waals surface area contributed by atoms with E-state index in [0.717, 1.165) is 24.4 Å². The van der Waals surface area contributed by atoms with Gasteiger partial charge < -0.3 is 15.1 Å². The summed E-state index contributed by atoms with van der Waals surface area (Å²) in [6, 6.07) is 10.6. The molecule has 0 spiro atoms. The van der Waals surface area contributed by atoms with Gasteiger partial charge in [0.25, 0.3) is 0 Å². The molecule has 1 aromatic heterocycles. The van der Waals surface area contributed by atoms with Gasteiger partial charge in [-0.3, -0.25) is 4.90 Å². The van der Waals surface area contributed by atoms with Crippen LogP contribution in [-0.4, -0.2) is 29.6 Å². The van der Waals surface area contributed by atoms with E-state index in [2.05, 4.69) is 15.5 Å². The molecule has 1 unspecified atom stereocenters. The highest BCUT2D eigenvalue weighted by Crippen LogP contribution is 2.24. The first-order valence-electron chi connectivity index (χ1n) is 8.76. The van der Waals surface area contributed by atoms with Crippen molar-refractivity contribution in [3.8, 4) is 0 Å². The highest BCUT2D eigenvalue weighted by atomic mass is 32.1. The molecule has 0 bridgehead atoms. The molecule has 0 aliphatic carbocycles. The van der Waals surface area contributed by atoms with Crippen LogP contribution < -0.4 is 10.6 Å². The molecule has 25 heavy (non-hydrogen) atoms. The predicted octanol–water partition coefficient (Wildman–Crippen LogP) is 3.61. The van der Waals surface area contributed by atoms with Crippen molar-refractivity contribution >= 4 is 17.3 Å². The second kappa shape index (κ2) is 8.97. The number of rotatable bonds is 6. The second-order valence-electron chi connectivity index (χ2n) is 6.32.